The summed E-state index contributed by atoms with van der Waals surface area (Å²) in [4.78, 5) is 10.3. The van der Waals surface area contributed by atoms with Crippen LogP contribution in [0.1, 0.15) is 0 Å². The molecule has 0 N–H and O–H groups in total. The second-order valence-electron chi connectivity index (χ2n) is 10.6. The Morgan fingerprint density at radius 1 is 0.429 bits per heavy atom. The first-order valence-electron chi connectivity index (χ1n) is 14.1. The van der Waals surface area contributed by atoms with Crippen molar-refractivity contribution in [2.75, 3.05) is 0 Å². The zero-order valence-corrected chi connectivity index (χ0v) is 22.5. The van der Waals surface area contributed by atoms with Crippen molar-refractivity contribution in [3.05, 3.63) is 140 Å². The van der Waals surface area contributed by atoms with E-state index in [4.69, 9.17) is 14.4 Å². The molecular weight excluding hydrogens is 514 g/mol. The van der Waals surface area contributed by atoms with Crippen molar-refractivity contribution in [1.82, 2.24) is 14.5 Å². The molecule has 0 fully saturated rings. The maximum Gasteiger partial charge on any atom is 0.235 e. The highest BCUT2D eigenvalue weighted by molar-refractivity contribution is 6.11. The quantitative estimate of drug-likeness (QED) is 0.225. The topological polar surface area (TPSA) is 43.9 Å². The summed E-state index contributed by atoms with van der Waals surface area (Å²) in [6.45, 7) is 0. The summed E-state index contributed by atoms with van der Waals surface area (Å²) in [5.74, 6) is 0.662. The third kappa shape index (κ3) is 3.42. The summed E-state index contributed by atoms with van der Waals surface area (Å²) in [5, 5.41) is 5.64. The van der Waals surface area contributed by atoms with Crippen LogP contribution in [-0.2, 0) is 0 Å². The van der Waals surface area contributed by atoms with Gasteiger partial charge in [-0.15, -0.1) is 0 Å². The third-order valence-electron chi connectivity index (χ3n) is 8.22. The smallest absolute Gasteiger partial charge is 0.235 e. The molecule has 0 saturated heterocycles. The van der Waals surface area contributed by atoms with Gasteiger partial charge in [0.25, 0.3) is 0 Å². The van der Waals surface area contributed by atoms with Crippen LogP contribution in [0.15, 0.2) is 144 Å². The maximum atomic E-state index is 6.20. The van der Waals surface area contributed by atoms with Gasteiger partial charge in [-0.3, -0.25) is 4.57 Å². The normalized spacial score (nSPS) is 11.8. The molecule has 0 spiro atoms. The Morgan fingerprint density at radius 2 is 1.10 bits per heavy atom. The van der Waals surface area contributed by atoms with E-state index in [9.17, 15) is 0 Å². The highest BCUT2D eigenvalue weighted by Crippen LogP contribution is 2.37. The number of furan rings is 1. The molecule has 9 rings (SSSR count). The highest BCUT2D eigenvalue weighted by Gasteiger charge is 2.18. The lowest BCUT2D eigenvalue weighted by atomic mass is 10.0. The van der Waals surface area contributed by atoms with Gasteiger partial charge in [0, 0.05) is 32.5 Å². The number of para-hydroxylation sites is 3. The van der Waals surface area contributed by atoms with Crippen LogP contribution in [0, 0.1) is 0 Å². The largest absolute Gasteiger partial charge is 0.456 e. The fourth-order valence-corrected chi connectivity index (χ4v) is 6.25. The van der Waals surface area contributed by atoms with Gasteiger partial charge < -0.3 is 4.42 Å². The molecule has 0 aliphatic rings. The molecule has 0 bridgehead atoms. The molecule has 3 heterocycles. The minimum Gasteiger partial charge on any atom is -0.456 e. The predicted molar refractivity (Wildman–Crippen MR) is 172 cm³/mol. The lowest BCUT2D eigenvalue weighted by molar-refractivity contribution is 0.669. The summed E-state index contributed by atoms with van der Waals surface area (Å²) in [7, 11) is 0. The molecule has 6 aromatic carbocycles. The fraction of sp³-hybridized carbons (Fsp3) is 0. The van der Waals surface area contributed by atoms with Gasteiger partial charge in [-0.05, 0) is 53.6 Å². The number of benzene rings is 6. The SMILES string of the molecule is c1ccc(-c2nc(-n3c4ccccc4c4cc(-c5ccc6c(c5)oc5ccccc56)ccc43)nc3ccccc23)cc1. The van der Waals surface area contributed by atoms with Crippen molar-refractivity contribution < 1.29 is 4.42 Å². The minimum absolute atomic E-state index is 0.662. The lowest BCUT2D eigenvalue weighted by Crippen LogP contribution is -2.03. The second kappa shape index (κ2) is 8.88. The first-order chi connectivity index (χ1) is 20.8. The zero-order valence-electron chi connectivity index (χ0n) is 22.5. The van der Waals surface area contributed by atoms with Crippen LogP contribution < -0.4 is 0 Å². The molecule has 0 unspecified atom stereocenters. The molecule has 196 valence electrons. The summed E-state index contributed by atoms with van der Waals surface area (Å²) >= 11 is 0. The first-order valence-corrected chi connectivity index (χ1v) is 14.1. The van der Waals surface area contributed by atoms with E-state index in [2.05, 4.69) is 114 Å². The Bertz CT molecular complexity index is 2470. The van der Waals surface area contributed by atoms with Crippen molar-refractivity contribution in [2.45, 2.75) is 0 Å². The third-order valence-corrected chi connectivity index (χ3v) is 8.22. The van der Waals surface area contributed by atoms with Crippen LogP contribution in [0.3, 0.4) is 0 Å². The summed E-state index contributed by atoms with van der Waals surface area (Å²) in [6, 6.07) is 48.4. The number of fused-ring (bicyclic) bond motifs is 7. The number of nitrogens with zero attached hydrogens (tertiary/aromatic N) is 3. The molecule has 42 heavy (non-hydrogen) atoms. The van der Waals surface area contributed by atoms with Crippen molar-refractivity contribution in [2.24, 2.45) is 0 Å². The molecule has 4 nitrogen and oxygen atoms in total. The van der Waals surface area contributed by atoms with Gasteiger partial charge in [0.15, 0.2) is 0 Å². The van der Waals surface area contributed by atoms with Gasteiger partial charge in [0.2, 0.25) is 5.95 Å². The number of rotatable bonds is 3. The summed E-state index contributed by atoms with van der Waals surface area (Å²) < 4.78 is 8.39. The molecule has 9 aromatic rings. The Balaban J connectivity index is 1.27. The highest BCUT2D eigenvalue weighted by atomic mass is 16.3. The van der Waals surface area contributed by atoms with E-state index in [1.807, 2.05) is 30.3 Å². The van der Waals surface area contributed by atoms with E-state index in [-0.39, 0.29) is 0 Å². The van der Waals surface area contributed by atoms with Gasteiger partial charge in [-0.2, -0.15) is 0 Å². The van der Waals surface area contributed by atoms with Crippen molar-refractivity contribution in [3.63, 3.8) is 0 Å². The fourth-order valence-electron chi connectivity index (χ4n) is 6.25. The molecule has 0 aliphatic carbocycles. The van der Waals surface area contributed by atoms with Crippen LogP contribution in [0.2, 0.25) is 0 Å². The monoisotopic (exact) mass is 537 g/mol. The van der Waals surface area contributed by atoms with Crippen LogP contribution in [0.25, 0.3) is 83.0 Å². The predicted octanol–water partition coefficient (Wildman–Crippen LogP) is 9.96. The molecule has 3 aromatic heterocycles. The molecule has 0 amide bonds. The Kier molecular flexibility index (Phi) is 4.87. The van der Waals surface area contributed by atoms with Gasteiger partial charge in [-0.25, -0.2) is 9.97 Å². The average Bonchev–Trinajstić information content (AvgIpc) is 3.59. The van der Waals surface area contributed by atoms with E-state index in [1.165, 1.54) is 0 Å². The summed E-state index contributed by atoms with van der Waals surface area (Å²) in [5.41, 5.74) is 9.13. The Labute approximate surface area is 241 Å². The van der Waals surface area contributed by atoms with Crippen molar-refractivity contribution >= 4 is 54.6 Å². The number of hydrogen-bond donors (Lipinski definition) is 0. The maximum absolute atomic E-state index is 6.20. The van der Waals surface area contributed by atoms with Crippen LogP contribution in [-0.4, -0.2) is 14.5 Å². The molecule has 0 aliphatic heterocycles. The van der Waals surface area contributed by atoms with Crippen LogP contribution in [0.5, 0.6) is 0 Å². The molecule has 0 atom stereocenters. The van der Waals surface area contributed by atoms with E-state index < -0.39 is 0 Å². The van der Waals surface area contributed by atoms with Gasteiger partial charge in [0.05, 0.1) is 22.2 Å². The average molecular weight is 538 g/mol. The van der Waals surface area contributed by atoms with Crippen LogP contribution >= 0.6 is 0 Å². The summed E-state index contributed by atoms with van der Waals surface area (Å²) in [6.07, 6.45) is 0. The van der Waals surface area contributed by atoms with E-state index in [0.29, 0.717) is 5.95 Å². The van der Waals surface area contributed by atoms with Gasteiger partial charge >= 0.3 is 0 Å². The molecule has 0 saturated carbocycles. The van der Waals surface area contributed by atoms with Crippen molar-refractivity contribution in [3.8, 4) is 28.3 Å². The molecule has 4 heteroatoms. The standard InChI is InChI=1S/C38H23N3O/c1-2-10-24(11-3-1)37-30-14-4-7-15-32(30)39-38(40-37)41-33-16-8-5-12-27(33)31-22-25(19-21-34(31)41)26-18-20-29-28-13-6-9-17-35(28)42-36(29)23-26/h1-23H. The van der Waals surface area contributed by atoms with Crippen LogP contribution in [0.4, 0.5) is 0 Å². The zero-order chi connectivity index (χ0) is 27.6. The Morgan fingerprint density at radius 3 is 2.00 bits per heavy atom. The minimum atomic E-state index is 0.662. The van der Waals surface area contributed by atoms with Crippen molar-refractivity contribution in [1.29, 1.82) is 0 Å². The van der Waals surface area contributed by atoms with Gasteiger partial charge in [-0.1, -0.05) is 97.1 Å². The van der Waals surface area contributed by atoms with Gasteiger partial charge in [0.1, 0.15) is 11.2 Å². The van der Waals surface area contributed by atoms with E-state index >= 15 is 0 Å². The molecular formula is C38H23N3O. The second-order valence-corrected chi connectivity index (χ2v) is 10.6. The van der Waals surface area contributed by atoms with E-state index in [0.717, 1.165) is 77.0 Å². The lowest BCUT2D eigenvalue weighted by Gasteiger charge is -2.11. The first kappa shape index (κ1) is 23.0. The van der Waals surface area contributed by atoms with E-state index in [1.54, 1.807) is 0 Å². The molecule has 0 radical (unpaired) electrons. The Hall–Kier alpha value is -5.74. The number of aromatic nitrogens is 3. The number of hydrogen-bond acceptors (Lipinski definition) is 3.